The molecule has 0 aliphatic carbocycles. The van der Waals surface area contributed by atoms with Crippen molar-refractivity contribution in [3.8, 4) is 0 Å². The van der Waals surface area contributed by atoms with E-state index >= 15 is 0 Å². The van der Waals surface area contributed by atoms with Crippen molar-refractivity contribution in [3.05, 3.63) is 0 Å². The Bertz CT molecular complexity index is 467. The smallest absolute Gasteiger partial charge is 0.151 e. The number of aliphatic hydroxyl groups is 1. The van der Waals surface area contributed by atoms with E-state index in [0.29, 0.717) is 12.8 Å². The highest BCUT2D eigenvalue weighted by molar-refractivity contribution is 7.91. The fourth-order valence-electron chi connectivity index (χ4n) is 4.49. The topological polar surface area (TPSA) is 83.6 Å². The second kappa shape index (κ2) is 4.41. The maximum atomic E-state index is 11.9. The van der Waals surface area contributed by atoms with Gasteiger partial charge in [0.1, 0.15) is 0 Å². The van der Waals surface area contributed by atoms with Gasteiger partial charge in [-0.15, -0.1) is 0 Å². The van der Waals surface area contributed by atoms with Crippen LogP contribution in [0.15, 0.2) is 0 Å². The standard InChI is InChI=1S/C13H24N2O3S/c14-9-12(5-8-19(17,18)10-12)13(16)4-7-15-6-2-1-3-11(13)15/h11,16H,1-10,14H2. The first-order valence-electron chi connectivity index (χ1n) is 7.29. The Morgan fingerprint density at radius 3 is 2.68 bits per heavy atom. The minimum absolute atomic E-state index is 0.0668. The number of nitrogens with zero attached hydrogens (tertiary/aromatic N) is 1. The van der Waals surface area contributed by atoms with Gasteiger partial charge in [0.25, 0.3) is 0 Å². The van der Waals surface area contributed by atoms with Crippen LogP contribution in [-0.2, 0) is 9.84 Å². The zero-order valence-electron chi connectivity index (χ0n) is 11.3. The van der Waals surface area contributed by atoms with Gasteiger partial charge in [0.15, 0.2) is 9.84 Å². The number of nitrogens with two attached hydrogens (primary N) is 1. The van der Waals surface area contributed by atoms with Gasteiger partial charge in [-0.1, -0.05) is 6.42 Å². The number of rotatable bonds is 2. The van der Waals surface area contributed by atoms with E-state index < -0.39 is 20.9 Å². The van der Waals surface area contributed by atoms with Crippen LogP contribution in [0.1, 0.15) is 32.1 Å². The summed E-state index contributed by atoms with van der Waals surface area (Å²) >= 11 is 0. The van der Waals surface area contributed by atoms with Crippen LogP contribution in [0.3, 0.4) is 0 Å². The Morgan fingerprint density at radius 2 is 2.05 bits per heavy atom. The average molecular weight is 288 g/mol. The molecule has 3 heterocycles. The van der Waals surface area contributed by atoms with E-state index in [-0.39, 0.29) is 24.1 Å². The number of hydrogen-bond donors (Lipinski definition) is 2. The van der Waals surface area contributed by atoms with Gasteiger partial charge in [-0.05, 0) is 32.2 Å². The monoisotopic (exact) mass is 288 g/mol. The van der Waals surface area contributed by atoms with Crippen LogP contribution < -0.4 is 5.73 Å². The van der Waals surface area contributed by atoms with Gasteiger partial charge < -0.3 is 10.8 Å². The molecule has 3 atom stereocenters. The van der Waals surface area contributed by atoms with Crippen LogP contribution in [0.2, 0.25) is 0 Å². The Balaban J connectivity index is 1.95. The SMILES string of the molecule is NCC1(C2(O)CCN3CCCCC32)CCS(=O)(=O)C1. The molecular weight excluding hydrogens is 264 g/mol. The quantitative estimate of drug-likeness (QED) is 0.731. The van der Waals surface area contributed by atoms with Gasteiger partial charge in [0, 0.05) is 24.5 Å². The summed E-state index contributed by atoms with van der Waals surface area (Å²) in [6.45, 7) is 2.18. The molecule has 5 nitrogen and oxygen atoms in total. The molecule has 3 aliphatic heterocycles. The van der Waals surface area contributed by atoms with Crippen LogP contribution >= 0.6 is 0 Å². The Morgan fingerprint density at radius 1 is 1.26 bits per heavy atom. The van der Waals surface area contributed by atoms with E-state index in [1.165, 1.54) is 6.42 Å². The second-order valence-electron chi connectivity index (χ2n) is 6.55. The van der Waals surface area contributed by atoms with E-state index in [1.807, 2.05) is 0 Å². The lowest BCUT2D eigenvalue weighted by Crippen LogP contribution is -2.60. The maximum absolute atomic E-state index is 11.9. The van der Waals surface area contributed by atoms with Crippen molar-refractivity contribution in [2.24, 2.45) is 11.1 Å². The lowest BCUT2D eigenvalue weighted by molar-refractivity contribution is -0.0976. The summed E-state index contributed by atoms with van der Waals surface area (Å²) in [7, 11) is -3.04. The average Bonchev–Trinajstić information content (AvgIpc) is 2.90. The van der Waals surface area contributed by atoms with Crippen LogP contribution in [0.25, 0.3) is 0 Å². The molecule has 0 radical (unpaired) electrons. The fraction of sp³-hybridized carbons (Fsp3) is 1.00. The predicted octanol–water partition coefficient (Wildman–Crippen LogP) is -0.261. The lowest BCUT2D eigenvalue weighted by atomic mass is 9.66. The van der Waals surface area contributed by atoms with Crippen molar-refractivity contribution in [1.82, 2.24) is 4.90 Å². The molecule has 3 fully saturated rings. The summed E-state index contributed by atoms with van der Waals surface area (Å²) in [5.41, 5.74) is 4.40. The number of sulfone groups is 1. The highest BCUT2D eigenvalue weighted by Gasteiger charge is 2.62. The summed E-state index contributed by atoms with van der Waals surface area (Å²) in [5, 5.41) is 11.3. The van der Waals surface area contributed by atoms with E-state index in [0.717, 1.165) is 25.9 Å². The molecule has 19 heavy (non-hydrogen) atoms. The first kappa shape index (κ1) is 13.8. The van der Waals surface area contributed by atoms with E-state index in [2.05, 4.69) is 4.90 Å². The van der Waals surface area contributed by atoms with Crippen molar-refractivity contribution >= 4 is 9.84 Å². The van der Waals surface area contributed by atoms with E-state index in [4.69, 9.17) is 5.73 Å². The first-order chi connectivity index (χ1) is 8.93. The Labute approximate surface area is 115 Å². The van der Waals surface area contributed by atoms with Gasteiger partial charge in [0.2, 0.25) is 0 Å². The molecule has 3 saturated heterocycles. The number of fused-ring (bicyclic) bond motifs is 1. The number of hydrogen-bond acceptors (Lipinski definition) is 5. The van der Waals surface area contributed by atoms with E-state index in [9.17, 15) is 13.5 Å². The Kier molecular flexibility index (Phi) is 3.20. The molecule has 3 unspecified atom stereocenters. The zero-order valence-corrected chi connectivity index (χ0v) is 12.2. The largest absolute Gasteiger partial charge is 0.388 e. The van der Waals surface area contributed by atoms with Crippen LogP contribution in [-0.4, -0.2) is 61.2 Å². The Hall–Kier alpha value is -0.170. The van der Waals surface area contributed by atoms with Gasteiger partial charge in [-0.3, -0.25) is 4.90 Å². The van der Waals surface area contributed by atoms with Gasteiger partial charge >= 0.3 is 0 Å². The first-order valence-corrected chi connectivity index (χ1v) is 9.12. The van der Waals surface area contributed by atoms with Crippen molar-refractivity contribution in [1.29, 1.82) is 0 Å². The summed E-state index contributed by atoms with van der Waals surface area (Å²) in [5.74, 6) is 0.247. The molecule has 3 aliphatic rings. The summed E-state index contributed by atoms with van der Waals surface area (Å²) in [4.78, 5) is 2.34. The predicted molar refractivity (Wildman–Crippen MR) is 73.5 cm³/mol. The highest BCUT2D eigenvalue weighted by Crippen LogP contribution is 2.50. The van der Waals surface area contributed by atoms with Crippen molar-refractivity contribution in [3.63, 3.8) is 0 Å². The molecule has 0 aromatic carbocycles. The highest BCUT2D eigenvalue weighted by atomic mass is 32.2. The molecule has 0 spiro atoms. The maximum Gasteiger partial charge on any atom is 0.151 e. The third-order valence-electron chi connectivity index (χ3n) is 5.64. The van der Waals surface area contributed by atoms with Crippen LogP contribution in [0, 0.1) is 5.41 Å². The summed E-state index contributed by atoms with van der Waals surface area (Å²) in [6, 6.07) is 0.109. The number of piperidine rings is 1. The third kappa shape index (κ3) is 1.95. The van der Waals surface area contributed by atoms with Gasteiger partial charge in [-0.25, -0.2) is 8.42 Å². The summed E-state index contributed by atoms with van der Waals surface area (Å²) in [6.07, 6.45) is 4.47. The molecule has 6 heteroatoms. The van der Waals surface area contributed by atoms with Gasteiger partial charge in [-0.2, -0.15) is 0 Å². The molecule has 0 aromatic heterocycles. The molecule has 3 rings (SSSR count). The lowest BCUT2D eigenvalue weighted by Gasteiger charge is -2.47. The van der Waals surface area contributed by atoms with Crippen LogP contribution in [0.4, 0.5) is 0 Å². The molecule has 3 N–H and O–H groups in total. The summed E-state index contributed by atoms with van der Waals surface area (Å²) < 4.78 is 23.8. The van der Waals surface area contributed by atoms with E-state index in [1.54, 1.807) is 0 Å². The van der Waals surface area contributed by atoms with Crippen molar-refractivity contribution < 1.29 is 13.5 Å². The molecule has 110 valence electrons. The fourth-order valence-corrected chi connectivity index (χ4v) is 6.69. The van der Waals surface area contributed by atoms with Crippen molar-refractivity contribution in [2.45, 2.75) is 43.7 Å². The van der Waals surface area contributed by atoms with Gasteiger partial charge in [0.05, 0.1) is 17.1 Å². The third-order valence-corrected chi connectivity index (χ3v) is 7.46. The molecular formula is C13H24N2O3S. The molecule has 0 bridgehead atoms. The molecule has 0 saturated carbocycles. The van der Waals surface area contributed by atoms with Crippen molar-refractivity contribution in [2.75, 3.05) is 31.1 Å². The van der Waals surface area contributed by atoms with Crippen LogP contribution in [0.5, 0.6) is 0 Å². The second-order valence-corrected chi connectivity index (χ2v) is 8.73. The minimum atomic E-state index is -3.04. The molecule has 0 aromatic rings. The normalized spacial score (nSPS) is 46.3. The minimum Gasteiger partial charge on any atom is -0.388 e. The zero-order chi connectivity index (χ0) is 13.7. The molecule has 0 amide bonds.